The van der Waals surface area contributed by atoms with Gasteiger partial charge >= 0.3 is 0 Å². The molecule has 1 rings (SSSR count). The molecule has 4 nitrogen and oxygen atoms in total. The second-order valence-electron chi connectivity index (χ2n) is 3.79. The number of likely N-dealkylation sites (tertiary alicyclic amines) is 1. The lowest BCUT2D eigenvalue weighted by Gasteiger charge is -2.17. The van der Waals surface area contributed by atoms with Gasteiger partial charge in [-0.2, -0.15) is 0 Å². The van der Waals surface area contributed by atoms with Gasteiger partial charge in [0.25, 0.3) is 5.91 Å². The second-order valence-corrected chi connectivity index (χ2v) is 3.79. The molecule has 0 aromatic rings. The van der Waals surface area contributed by atoms with E-state index in [2.05, 4.69) is 4.90 Å². The highest BCUT2D eigenvalue weighted by molar-refractivity contribution is 5.82. The zero-order chi connectivity index (χ0) is 9.84. The van der Waals surface area contributed by atoms with Crippen LogP contribution in [0.1, 0.15) is 12.8 Å². The molecule has 4 heteroatoms. The average molecular weight is 186 g/mol. The van der Waals surface area contributed by atoms with Crippen LogP contribution < -0.4 is 0 Å². The number of nitrogens with zero attached hydrogens (tertiary/aromatic N) is 2. The maximum absolute atomic E-state index is 11.2. The number of hydrogen-bond acceptors (Lipinski definition) is 3. The van der Waals surface area contributed by atoms with E-state index < -0.39 is 6.10 Å². The van der Waals surface area contributed by atoms with Crippen molar-refractivity contribution in [3.8, 4) is 0 Å². The Bertz CT molecular complexity index is 182. The minimum atomic E-state index is -0.737. The van der Waals surface area contributed by atoms with Gasteiger partial charge in [0.05, 0.1) is 0 Å². The molecule has 1 N–H and O–H groups in total. The van der Waals surface area contributed by atoms with E-state index in [9.17, 15) is 9.90 Å². The van der Waals surface area contributed by atoms with Crippen molar-refractivity contribution in [2.24, 2.45) is 0 Å². The molecule has 0 radical (unpaired) electrons. The third-order valence-electron chi connectivity index (χ3n) is 2.30. The van der Waals surface area contributed by atoms with Crippen molar-refractivity contribution in [2.45, 2.75) is 18.9 Å². The van der Waals surface area contributed by atoms with Crippen molar-refractivity contribution in [2.75, 3.05) is 33.7 Å². The van der Waals surface area contributed by atoms with Crippen LogP contribution in [0, 0.1) is 0 Å². The molecule has 1 saturated heterocycles. The molecule has 76 valence electrons. The summed E-state index contributed by atoms with van der Waals surface area (Å²) in [6.45, 7) is 2.47. The van der Waals surface area contributed by atoms with E-state index in [-0.39, 0.29) is 5.91 Å². The van der Waals surface area contributed by atoms with Crippen molar-refractivity contribution >= 4 is 5.91 Å². The Kier molecular flexibility index (Phi) is 3.69. The van der Waals surface area contributed by atoms with E-state index in [4.69, 9.17) is 0 Å². The van der Waals surface area contributed by atoms with Crippen LogP contribution in [0.3, 0.4) is 0 Å². The van der Waals surface area contributed by atoms with Crippen LogP contribution in [0.15, 0.2) is 0 Å². The Labute approximate surface area is 79.1 Å². The van der Waals surface area contributed by atoms with Gasteiger partial charge in [0.2, 0.25) is 0 Å². The van der Waals surface area contributed by atoms with Gasteiger partial charge in [-0.1, -0.05) is 0 Å². The van der Waals surface area contributed by atoms with Crippen molar-refractivity contribution in [1.82, 2.24) is 9.80 Å². The molecule has 0 aliphatic carbocycles. The Hall–Kier alpha value is -0.610. The first-order valence-corrected chi connectivity index (χ1v) is 4.73. The van der Waals surface area contributed by atoms with Crippen molar-refractivity contribution in [3.63, 3.8) is 0 Å². The highest BCUT2D eigenvalue weighted by atomic mass is 16.3. The third kappa shape index (κ3) is 2.97. The molecule has 1 fully saturated rings. The number of carbonyl (C=O) groups excluding carboxylic acids is 1. The first kappa shape index (κ1) is 10.5. The SMILES string of the molecule is CN(C)CCCN1CCC(O)C1=O. The summed E-state index contributed by atoms with van der Waals surface area (Å²) in [6.07, 6.45) is 0.839. The molecule has 1 amide bonds. The molecular weight excluding hydrogens is 168 g/mol. The lowest BCUT2D eigenvalue weighted by atomic mass is 10.3. The topological polar surface area (TPSA) is 43.8 Å². The van der Waals surface area contributed by atoms with E-state index >= 15 is 0 Å². The number of aliphatic hydroxyl groups is 1. The third-order valence-corrected chi connectivity index (χ3v) is 2.30. The molecule has 1 heterocycles. The summed E-state index contributed by atoms with van der Waals surface area (Å²) < 4.78 is 0. The van der Waals surface area contributed by atoms with Crippen molar-refractivity contribution in [1.29, 1.82) is 0 Å². The molecule has 1 aliphatic heterocycles. The van der Waals surface area contributed by atoms with E-state index in [1.165, 1.54) is 0 Å². The molecule has 1 atom stereocenters. The maximum Gasteiger partial charge on any atom is 0.251 e. The summed E-state index contributed by atoms with van der Waals surface area (Å²) in [5.74, 6) is -0.0984. The largest absolute Gasteiger partial charge is 0.383 e. The van der Waals surface area contributed by atoms with E-state index in [0.29, 0.717) is 13.0 Å². The van der Waals surface area contributed by atoms with E-state index in [1.54, 1.807) is 4.90 Å². The molecular formula is C9H18N2O2. The van der Waals surface area contributed by atoms with Crippen LogP contribution in [0.2, 0.25) is 0 Å². The lowest BCUT2D eigenvalue weighted by Crippen LogP contribution is -2.31. The van der Waals surface area contributed by atoms with Crippen LogP contribution in [0.5, 0.6) is 0 Å². The Morgan fingerprint density at radius 1 is 1.62 bits per heavy atom. The van der Waals surface area contributed by atoms with Gasteiger partial charge in [0.15, 0.2) is 0 Å². The number of amides is 1. The van der Waals surface area contributed by atoms with Gasteiger partial charge in [-0.05, 0) is 33.5 Å². The summed E-state index contributed by atoms with van der Waals surface area (Å²) in [4.78, 5) is 15.1. The van der Waals surface area contributed by atoms with Crippen molar-refractivity contribution < 1.29 is 9.90 Å². The van der Waals surface area contributed by atoms with Crippen molar-refractivity contribution in [3.05, 3.63) is 0 Å². The Morgan fingerprint density at radius 3 is 2.77 bits per heavy atom. The molecule has 0 aromatic heterocycles. The van der Waals surface area contributed by atoms with E-state index in [0.717, 1.165) is 19.5 Å². The minimum Gasteiger partial charge on any atom is -0.383 e. The van der Waals surface area contributed by atoms with Crippen LogP contribution in [-0.2, 0) is 4.79 Å². The van der Waals surface area contributed by atoms with E-state index in [1.807, 2.05) is 14.1 Å². The van der Waals surface area contributed by atoms with Gasteiger partial charge < -0.3 is 14.9 Å². The maximum atomic E-state index is 11.2. The predicted molar refractivity (Wildman–Crippen MR) is 50.4 cm³/mol. The van der Waals surface area contributed by atoms with Gasteiger partial charge in [-0.25, -0.2) is 0 Å². The number of rotatable bonds is 4. The zero-order valence-corrected chi connectivity index (χ0v) is 8.36. The normalized spacial score (nSPS) is 23.2. The predicted octanol–water partition coefficient (Wildman–Crippen LogP) is -0.469. The molecule has 0 aromatic carbocycles. The lowest BCUT2D eigenvalue weighted by molar-refractivity contribution is -0.134. The summed E-state index contributed by atoms with van der Waals surface area (Å²) in [7, 11) is 4.03. The average Bonchev–Trinajstić information content (AvgIpc) is 2.35. The molecule has 13 heavy (non-hydrogen) atoms. The van der Waals surface area contributed by atoms with Crippen LogP contribution >= 0.6 is 0 Å². The first-order valence-electron chi connectivity index (χ1n) is 4.73. The van der Waals surface area contributed by atoms with Gasteiger partial charge in [-0.3, -0.25) is 4.79 Å². The smallest absolute Gasteiger partial charge is 0.251 e. The fraction of sp³-hybridized carbons (Fsp3) is 0.889. The number of hydrogen-bond donors (Lipinski definition) is 1. The standard InChI is InChI=1S/C9H18N2O2/c1-10(2)5-3-6-11-7-4-8(12)9(11)13/h8,12H,3-7H2,1-2H3. The Morgan fingerprint density at radius 2 is 2.31 bits per heavy atom. The Balaban J connectivity index is 2.19. The van der Waals surface area contributed by atoms with Gasteiger partial charge in [-0.15, -0.1) is 0 Å². The highest BCUT2D eigenvalue weighted by Crippen LogP contribution is 2.10. The monoisotopic (exact) mass is 186 g/mol. The number of carbonyl (C=O) groups is 1. The second kappa shape index (κ2) is 4.58. The van der Waals surface area contributed by atoms with Crippen LogP contribution in [0.25, 0.3) is 0 Å². The first-order chi connectivity index (χ1) is 6.11. The van der Waals surface area contributed by atoms with Gasteiger partial charge in [0, 0.05) is 13.1 Å². The van der Waals surface area contributed by atoms with Gasteiger partial charge in [0.1, 0.15) is 6.10 Å². The zero-order valence-electron chi connectivity index (χ0n) is 8.36. The fourth-order valence-electron chi connectivity index (χ4n) is 1.52. The summed E-state index contributed by atoms with van der Waals surface area (Å²) in [6, 6.07) is 0. The highest BCUT2D eigenvalue weighted by Gasteiger charge is 2.28. The number of aliphatic hydroxyl groups excluding tert-OH is 1. The summed E-state index contributed by atoms with van der Waals surface area (Å²) >= 11 is 0. The summed E-state index contributed by atoms with van der Waals surface area (Å²) in [5, 5.41) is 9.18. The molecule has 1 aliphatic rings. The molecule has 0 spiro atoms. The molecule has 0 bridgehead atoms. The molecule has 0 saturated carbocycles. The van der Waals surface area contributed by atoms with Crippen LogP contribution in [0.4, 0.5) is 0 Å². The quantitative estimate of drug-likeness (QED) is 0.645. The minimum absolute atomic E-state index is 0.0984. The molecule has 1 unspecified atom stereocenters. The summed E-state index contributed by atoms with van der Waals surface area (Å²) in [5.41, 5.74) is 0. The van der Waals surface area contributed by atoms with Crippen LogP contribution in [-0.4, -0.2) is 60.6 Å². The fourth-order valence-corrected chi connectivity index (χ4v) is 1.52.